The fourth-order valence-corrected chi connectivity index (χ4v) is 1.04. The molecule has 2 nitrogen and oxygen atoms in total. The van der Waals surface area contributed by atoms with E-state index in [-0.39, 0.29) is 12.4 Å². The van der Waals surface area contributed by atoms with Gasteiger partial charge in [0.15, 0.2) is 0 Å². The average Bonchev–Trinajstić information content (AvgIpc) is 2.17. The summed E-state index contributed by atoms with van der Waals surface area (Å²) in [4.78, 5) is 0. The molecule has 0 bridgehead atoms. The number of nitrogens with one attached hydrogen (secondary N) is 1. The lowest BCUT2D eigenvalue weighted by Crippen LogP contribution is -2.12. The maximum atomic E-state index is 8.65. The van der Waals surface area contributed by atoms with E-state index in [2.05, 4.69) is 18.3 Å². The first-order valence-corrected chi connectivity index (χ1v) is 3.95. The van der Waals surface area contributed by atoms with Crippen LogP contribution in [0, 0.1) is 11.3 Å². The van der Waals surface area contributed by atoms with Crippen LogP contribution in [0.25, 0.3) is 0 Å². The molecular formula is C10H13ClN2. The van der Waals surface area contributed by atoms with Gasteiger partial charge in [0.2, 0.25) is 0 Å². The van der Waals surface area contributed by atoms with Gasteiger partial charge in [0.05, 0.1) is 11.6 Å². The maximum Gasteiger partial charge on any atom is 0.0991 e. The number of halogens is 1. The highest BCUT2D eigenvalue weighted by Gasteiger charge is 2.01. The van der Waals surface area contributed by atoms with E-state index in [0.717, 1.165) is 11.1 Å². The molecule has 3 heteroatoms. The minimum Gasteiger partial charge on any atom is -0.313 e. The molecule has 1 aromatic rings. The van der Waals surface area contributed by atoms with Crippen LogP contribution in [0.15, 0.2) is 24.3 Å². The molecule has 0 aliphatic heterocycles. The summed E-state index contributed by atoms with van der Waals surface area (Å²) >= 11 is 0. The average molecular weight is 197 g/mol. The van der Waals surface area contributed by atoms with E-state index in [4.69, 9.17) is 5.26 Å². The molecule has 1 rings (SSSR count). The third kappa shape index (κ3) is 3.06. The van der Waals surface area contributed by atoms with E-state index in [1.807, 2.05) is 31.3 Å². The number of rotatable bonds is 2. The van der Waals surface area contributed by atoms with E-state index in [0.29, 0.717) is 6.04 Å². The fraction of sp³-hybridized carbons (Fsp3) is 0.300. The third-order valence-electron chi connectivity index (χ3n) is 1.95. The van der Waals surface area contributed by atoms with Gasteiger partial charge in [0, 0.05) is 6.04 Å². The van der Waals surface area contributed by atoms with Crippen LogP contribution in [-0.4, -0.2) is 7.05 Å². The molecule has 13 heavy (non-hydrogen) atoms. The van der Waals surface area contributed by atoms with Gasteiger partial charge in [-0.3, -0.25) is 0 Å². The minimum absolute atomic E-state index is 0. The zero-order valence-corrected chi connectivity index (χ0v) is 8.56. The van der Waals surface area contributed by atoms with E-state index >= 15 is 0 Å². The molecule has 1 unspecified atom stereocenters. The lowest BCUT2D eigenvalue weighted by Gasteiger charge is -2.09. The molecule has 0 radical (unpaired) electrons. The van der Waals surface area contributed by atoms with Gasteiger partial charge in [-0.1, -0.05) is 12.1 Å². The van der Waals surface area contributed by atoms with Crippen LogP contribution in [-0.2, 0) is 0 Å². The van der Waals surface area contributed by atoms with Gasteiger partial charge in [-0.15, -0.1) is 12.4 Å². The molecule has 0 aliphatic rings. The van der Waals surface area contributed by atoms with Crippen molar-refractivity contribution in [1.82, 2.24) is 5.32 Å². The summed E-state index contributed by atoms with van der Waals surface area (Å²) in [6, 6.07) is 10.1. The second kappa shape index (κ2) is 5.58. The van der Waals surface area contributed by atoms with Crippen LogP contribution in [0.5, 0.6) is 0 Å². The van der Waals surface area contributed by atoms with Crippen molar-refractivity contribution >= 4 is 12.4 Å². The van der Waals surface area contributed by atoms with Crippen molar-refractivity contribution in [2.75, 3.05) is 7.05 Å². The van der Waals surface area contributed by atoms with Crippen LogP contribution in [0.3, 0.4) is 0 Å². The second-order valence-corrected chi connectivity index (χ2v) is 2.75. The van der Waals surface area contributed by atoms with Crippen molar-refractivity contribution < 1.29 is 0 Å². The Morgan fingerprint density at radius 1 is 1.46 bits per heavy atom. The second-order valence-electron chi connectivity index (χ2n) is 2.75. The smallest absolute Gasteiger partial charge is 0.0991 e. The Bertz CT molecular complexity index is 304. The van der Waals surface area contributed by atoms with Gasteiger partial charge in [-0.25, -0.2) is 0 Å². The number of benzene rings is 1. The molecule has 1 aromatic carbocycles. The van der Waals surface area contributed by atoms with Crippen LogP contribution in [0.2, 0.25) is 0 Å². The Hall–Kier alpha value is -1.04. The van der Waals surface area contributed by atoms with Crippen molar-refractivity contribution in [2.45, 2.75) is 13.0 Å². The molecule has 0 fully saturated rings. The summed E-state index contributed by atoms with van der Waals surface area (Å²) in [6.07, 6.45) is 0. The summed E-state index contributed by atoms with van der Waals surface area (Å²) < 4.78 is 0. The lowest BCUT2D eigenvalue weighted by molar-refractivity contribution is 0.652. The highest BCUT2D eigenvalue weighted by Crippen LogP contribution is 2.12. The molecule has 70 valence electrons. The summed E-state index contributed by atoms with van der Waals surface area (Å²) in [5.74, 6) is 0. The largest absolute Gasteiger partial charge is 0.313 e. The van der Waals surface area contributed by atoms with E-state index in [1.54, 1.807) is 0 Å². The van der Waals surface area contributed by atoms with E-state index in [1.165, 1.54) is 0 Å². The van der Waals surface area contributed by atoms with E-state index < -0.39 is 0 Å². The molecule has 1 atom stereocenters. The lowest BCUT2D eigenvalue weighted by atomic mass is 10.1. The number of nitrogens with zero attached hydrogens (tertiary/aromatic N) is 1. The number of hydrogen-bond donors (Lipinski definition) is 1. The first-order valence-electron chi connectivity index (χ1n) is 3.95. The summed E-state index contributed by atoms with van der Waals surface area (Å²) in [5.41, 5.74) is 1.87. The predicted octanol–water partition coefficient (Wildman–Crippen LogP) is 2.26. The Labute approximate surface area is 85.0 Å². The van der Waals surface area contributed by atoms with Crippen LogP contribution < -0.4 is 5.32 Å². The normalized spacial score (nSPS) is 11.2. The molecule has 0 spiro atoms. The molecule has 0 saturated heterocycles. The Morgan fingerprint density at radius 2 is 2.15 bits per heavy atom. The van der Waals surface area contributed by atoms with Crippen LogP contribution >= 0.6 is 12.4 Å². The number of hydrogen-bond acceptors (Lipinski definition) is 2. The number of nitriles is 1. The van der Waals surface area contributed by atoms with E-state index in [9.17, 15) is 0 Å². The van der Waals surface area contributed by atoms with Crippen molar-refractivity contribution in [3.63, 3.8) is 0 Å². The third-order valence-corrected chi connectivity index (χ3v) is 1.95. The van der Waals surface area contributed by atoms with Gasteiger partial charge in [-0.05, 0) is 31.7 Å². The molecular weight excluding hydrogens is 184 g/mol. The first-order chi connectivity index (χ1) is 5.77. The van der Waals surface area contributed by atoms with Crippen molar-refractivity contribution in [1.29, 1.82) is 5.26 Å². The van der Waals surface area contributed by atoms with Gasteiger partial charge >= 0.3 is 0 Å². The molecule has 1 N–H and O–H groups in total. The van der Waals surface area contributed by atoms with Gasteiger partial charge in [0.25, 0.3) is 0 Å². The van der Waals surface area contributed by atoms with Gasteiger partial charge < -0.3 is 5.32 Å². The van der Waals surface area contributed by atoms with Crippen molar-refractivity contribution in [2.24, 2.45) is 0 Å². The Balaban J connectivity index is 0.00000144. The quantitative estimate of drug-likeness (QED) is 0.788. The first kappa shape index (κ1) is 12.0. The van der Waals surface area contributed by atoms with Crippen LogP contribution in [0.1, 0.15) is 24.1 Å². The minimum atomic E-state index is 0. The predicted molar refractivity (Wildman–Crippen MR) is 55.9 cm³/mol. The van der Waals surface area contributed by atoms with Gasteiger partial charge in [-0.2, -0.15) is 5.26 Å². The summed E-state index contributed by atoms with van der Waals surface area (Å²) in [5, 5.41) is 11.8. The monoisotopic (exact) mass is 196 g/mol. The zero-order valence-electron chi connectivity index (χ0n) is 7.74. The zero-order chi connectivity index (χ0) is 8.97. The Morgan fingerprint density at radius 3 is 2.69 bits per heavy atom. The molecule has 0 amide bonds. The Kier molecular flexibility index (Phi) is 5.13. The maximum absolute atomic E-state index is 8.65. The van der Waals surface area contributed by atoms with Crippen molar-refractivity contribution in [3.8, 4) is 6.07 Å². The molecule has 0 saturated carbocycles. The molecule has 0 aliphatic carbocycles. The topological polar surface area (TPSA) is 35.8 Å². The van der Waals surface area contributed by atoms with Crippen LogP contribution in [0.4, 0.5) is 0 Å². The highest BCUT2D eigenvalue weighted by molar-refractivity contribution is 5.85. The van der Waals surface area contributed by atoms with Crippen molar-refractivity contribution in [3.05, 3.63) is 35.4 Å². The summed E-state index contributed by atoms with van der Waals surface area (Å²) in [7, 11) is 1.91. The highest BCUT2D eigenvalue weighted by atomic mass is 35.5. The molecule has 0 aromatic heterocycles. The standard InChI is InChI=1S/C10H12N2.ClH/c1-8(12-2)10-5-3-4-9(6-10)7-11;/h3-6,8,12H,1-2H3;1H. The molecule has 0 heterocycles. The SMILES string of the molecule is CNC(C)c1cccc(C#N)c1.Cl. The fourth-order valence-electron chi connectivity index (χ4n) is 1.04. The summed E-state index contributed by atoms with van der Waals surface area (Å²) in [6.45, 7) is 2.07. The van der Waals surface area contributed by atoms with Gasteiger partial charge in [0.1, 0.15) is 0 Å².